The largest absolute Gasteiger partial charge is 0.324 e. The molecule has 0 aliphatic carbocycles. The smallest absolute Gasteiger partial charge is 0.0307 e. The van der Waals surface area contributed by atoms with Gasteiger partial charge in [-0.15, -0.1) is 0 Å². The first kappa shape index (κ1) is 15.5. The second-order valence-corrected chi connectivity index (χ2v) is 6.43. The fourth-order valence-electron chi connectivity index (χ4n) is 3.00. The van der Waals surface area contributed by atoms with Gasteiger partial charge in [0.2, 0.25) is 0 Å². The Morgan fingerprint density at radius 2 is 1.70 bits per heavy atom. The third-order valence-electron chi connectivity index (χ3n) is 4.70. The van der Waals surface area contributed by atoms with Crippen LogP contribution in [0.25, 0.3) is 0 Å². The molecule has 1 heterocycles. The van der Waals surface area contributed by atoms with E-state index in [1.165, 1.54) is 11.1 Å². The van der Waals surface area contributed by atoms with Gasteiger partial charge in [-0.05, 0) is 39.8 Å². The summed E-state index contributed by atoms with van der Waals surface area (Å²) in [5.41, 5.74) is 8.87. The molecular weight excluding hydrogens is 246 g/mol. The van der Waals surface area contributed by atoms with Crippen molar-refractivity contribution in [2.45, 2.75) is 45.3 Å². The standard InChI is InChI=1S/C17H29N3/c1-13-5-7-16(8-6-13)17(18)9-10-20-11-14(2)19(4)15(3)12-20/h5-8,14-15,17H,9-12,18H2,1-4H3. The number of nitrogens with two attached hydrogens (primary N) is 1. The highest BCUT2D eigenvalue weighted by Crippen LogP contribution is 2.18. The van der Waals surface area contributed by atoms with Crippen molar-refractivity contribution >= 4 is 0 Å². The second kappa shape index (κ2) is 6.70. The zero-order chi connectivity index (χ0) is 14.7. The van der Waals surface area contributed by atoms with Gasteiger partial charge in [0.25, 0.3) is 0 Å². The lowest BCUT2D eigenvalue weighted by atomic mass is 10.0. The van der Waals surface area contributed by atoms with Crippen molar-refractivity contribution in [3.05, 3.63) is 35.4 Å². The molecule has 1 saturated heterocycles. The molecule has 0 spiro atoms. The van der Waals surface area contributed by atoms with Crippen molar-refractivity contribution in [2.75, 3.05) is 26.7 Å². The normalized spacial score (nSPS) is 26.6. The lowest BCUT2D eigenvalue weighted by Crippen LogP contribution is -2.55. The summed E-state index contributed by atoms with van der Waals surface area (Å²) < 4.78 is 0. The van der Waals surface area contributed by atoms with Crippen LogP contribution in [-0.4, -0.2) is 48.6 Å². The predicted molar refractivity (Wildman–Crippen MR) is 85.9 cm³/mol. The number of hydrogen-bond donors (Lipinski definition) is 1. The van der Waals surface area contributed by atoms with Crippen molar-refractivity contribution in [1.29, 1.82) is 0 Å². The summed E-state index contributed by atoms with van der Waals surface area (Å²) in [6.07, 6.45) is 1.03. The Morgan fingerprint density at radius 1 is 1.15 bits per heavy atom. The minimum atomic E-state index is 0.154. The molecule has 3 heteroatoms. The average Bonchev–Trinajstić information content (AvgIpc) is 2.42. The Kier molecular flexibility index (Phi) is 5.19. The van der Waals surface area contributed by atoms with E-state index in [0.29, 0.717) is 12.1 Å². The van der Waals surface area contributed by atoms with E-state index in [9.17, 15) is 0 Å². The van der Waals surface area contributed by atoms with E-state index in [4.69, 9.17) is 5.73 Å². The molecule has 3 nitrogen and oxygen atoms in total. The van der Waals surface area contributed by atoms with Gasteiger partial charge in [-0.3, -0.25) is 4.90 Å². The van der Waals surface area contributed by atoms with E-state index in [-0.39, 0.29) is 6.04 Å². The Bertz CT molecular complexity index is 403. The van der Waals surface area contributed by atoms with Crippen molar-refractivity contribution in [1.82, 2.24) is 9.80 Å². The Hall–Kier alpha value is -0.900. The predicted octanol–water partition coefficient (Wildman–Crippen LogP) is 2.41. The van der Waals surface area contributed by atoms with Crippen LogP contribution in [0.5, 0.6) is 0 Å². The minimum Gasteiger partial charge on any atom is -0.324 e. The van der Waals surface area contributed by atoms with Crippen LogP contribution in [0.1, 0.15) is 37.4 Å². The zero-order valence-electron chi connectivity index (χ0n) is 13.3. The van der Waals surface area contributed by atoms with Crippen LogP contribution in [-0.2, 0) is 0 Å². The summed E-state index contributed by atoms with van der Waals surface area (Å²) >= 11 is 0. The molecule has 0 saturated carbocycles. The molecule has 1 fully saturated rings. The number of rotatable bonds is 4. The van der Waals surface area contributed by atoms with Crippen LogP contribution >= 0.6 is 0 Å². The Morgan fingerprint density at radius 3 is 2.25 bits per heavy atom. The molecule has 2 rings (SSSR count). The van der Waals surface area contributed by atoms with E-state index in [1.807, 2.05) is 0 Å². The van der Waals surface area contributed by atoms with Crippen molar-refractivity contribution < 1.29 is 0 Å². The molecule has 0 aromatic heterocycles. The molecule has 1 aliphatic heterocycles. The first-order valence-corrected chi connectivity index (χ1v) is 7.74. The van der Waals surface area contributed by atoms with E-state index in [1.54, 1.807) is 0 Å². The molecule has 1 aromatic rings. The van der Waals surface area contributed by atoms with Gasteiger partial charge >= 0.3 is 0 Å². The fraction of sp³-hybridized carbons (Fsp3) is 0.647. The van der Waals surface area contributed by atoms with Gasteiger partial charge in [-0.1, -0.05) is 29.8 Å². The minimum absolute atomic E-state index is 0.154. The van der Waals surface area contributed by atoms with Gasteiger partial charge in [0.15, 0.2) is 0 Å². The topological polar surface area (TPSA) is 32.5 Å². The summed E-state index contributed by atoms with van der Waals surface area (Å²) in [4.78, 5) is 5.03. The van der Waals surface area contributed by atoms with E-state index < -0.39 is 0 Å². The van der Waals surface area contributed by atoms with Gasteiger partial charge in [0.05, 0.1) is 0 Å². The molecule has 1 aliphatic rings. The van der Waals surface area contributed by atoms with Gasteiger partial charge < -0.3 is 10.6 Å². The maximum absolute atomic E-state index is 6.32. The first-order chi connectivity index (χ1) is 9.47. The third kappa shape index (κ3) is 3.81. The number of hydrogen-bond acceptors (Lipinski definition) is 3. The fourth-order valence-corrected chi connectivity index (χ4v) is 3.00. The summed E-state index contributed by atoms with van der Waals surface area (Å²) in [6.45, 7) is 10.1. The molecule has 112 valence electrons. The number of aryl methyl sites for hydroxylation is 1. The van der Waals surface area contributed by atoms with Crippen LogP contribution in [0, 0.1) is 6.92 Å². The van der Waals surface area contributed by atoms with E-state index in [2.05, 4.69) is 61.9 Å². The lowest BCUT2D eigenvalue weighted by Gasteiger charge is -2.42. The van der Waals surface area contributed by atoms with Crippen LogP contribution in [0.15, 0.2) is 24.3 Å². The highest BCUT2D eigenvalue weighted by Gasteiger charge is 2.26. The van der Waals surface area contributed by atoms with Crippen molar-refractivity contribution in [3.8, 4) is 0 Å². The maximum Gasteiger partial charge on any atom is 0.0307 e. The van der Waals surface area contributed by atoms with Crippen molar-refractivity contribution in [3.63, 3.8) is 0 Å². The van der Waals surface area contributed by atoms with Crippen LogP contribution < -0.4 is 5.73 Å². The SMILES string of the molecule is Cc1ccc(C(N)CCN2CC(C)N(C)C(C)C2)cc1. The molecule has 0 radical (unpaired) electrons. The number of piperazine rings is 1. The summed E-state index contributed by atoms with van der Waals surface area (Å²) in [5, 5.41) is 0. The van der Waals surface area contributed by atoms with E-state index in [0.717, 1.165) is 26.1 Å². The lowest BCUT2D eigenvalue weighted by molar-refractivity contribution is 0.0584. The molecule has 3 unspecified atom stereocenters. The molecule has 1 aromatic carbocycles. The van der Waals surface area contributed by atoms with Gasteiger partial charge in [0.1, 0.15) is 0 Å². The number of nitrogens with zero attached hydrogens (tertiary/aromatic N) is 2. The average molecular weight is 275 g/mol. The molecule has 3 atom stereocenters. The van der Waals surface area contributed by atoms with Crippen LogP contribution in [0.3, 0.4) is 0 Å². The Labute approximate surface area is 123 Å². The molecule has 20 heavy (non-hydrogen) atoms. The van der Waals surface area contributed by atoms with Gasteiger partial charge in [0, 0.05) is 37.8 Å². The first-order valence-electron chi connectivity index (χ1n) is 7.74. The molecular formula is C17H29N3. The monoisotopic (exact) mass is 275 g/mol. The number of likely N-dealkylation sites (N-methyl/N-ethyl adjacent to an activating group) is 1. The molecule has 0 amide bonds. The number of benzene rings is 1. The molecule has 0 bridgehead atoms. The quantitative estimate of drug-likeness (QED) is 0.916. The maximum atomic E-state index is 6.32. The highest BCUT2D eigenvalue weighted by atomic mass is 15.3. The molecule has 2 N–H and O–H groups in total. The summed E-state index contributed by atoms with van der Waals surface area (Å²) in [7, 11) is 2.23. The van der Waals surface area contributed by atoms with Crippen LogP contribution in [0.2, 0.25) is 0 Å². The zero-order valence-corrected chi connectivity index (χ0v) is 13.3. The van der Waals surface area contributed by atoms with Gasteiger partial charge in [-0.25, -0.2) is 0 Å². The summed E-state index contributed by atoms with van der Waals surface area (Å²) in [5.74, 6) is 0. The Balaban J connectivity index is 1.84. The van der Waals surface area contributed by atoms with Crippen molar-refractivity contribution in [2.24, 2.45) is 5.73 Å². The highest BCUT2D eigenvalue weighted by molar-refractivity contribution is 5.23. The van der Waals surface area contributed by atoms with Crippen LogP contribution in [0.4, 0.5) is 0 Å². The third-order valence-corrected chi connectivity index (χ3v) is 4.70. The summed E-state index contributed by atoms with van der Waals surface area (Å²) in [6, 6.07) is 10.0. The van der Waals surface area contributed by atoms with Gasteiger partial charge in [-0.2, -0.15) is 0 Å². The van der Waals surface area contributed by atoms with E-state index >= 15 is 0 Å². The second-order valence-electron chi connectivity index (χ2n) is 6.43.